The Morgan fingerprint density at radius 3 is 2.55 bits per heavy atom. The van der Waals surface area contributed by atoms with Crippen LogP contribution < -0.4 is 15.5 Å². The normalized spacial score (nSPS) is 12.7. The Kier molecular flexibility index (Phi) is 6.58. The minimum atomic E-state index is -4.03. The van der Waals surface area contributed by atoms with E-state index < -0.39 is 20.7 Å². The Hall–Kier alpha value is -3.02. The first-order valence-corrected chi connectivity index (χ1v) is 11.1. The first-order valence-electron chi connectivity index (χ1n) is 9.29. The third-order valence-corrected chi connectivity index (χ3v) is 6.93. The number of phenols is 1. The Morgan fingerprint density at radius 1 is 1.26 bits per heavy atom. The van der Waals surface area contributed by atoms with Crippen molar-refractivity contribution in [3.8, 4) is 5.75 Å². The smallest absolute Gasteiger partial charge is 0.320 e. The molecule has 0 aliphatic rings. The minimum absolute atomic E-state index is 0.0189. The maximum absolute atomic E-state index is 12.5. The number of benzene rings is 2. The van der Waals surface area contributed by atoms with Gasteiger partial charge in [-0.15, -0.1) is 0 Å². The van der Waals surface area contributed by atoms with E-state index in [0.29, 0.717) is 6.42 Å². The van der Waals surface area contributed by atoms with Crippen LogP contribution >= 0.6 is 11.6 Å². The van der Waals surface area contributed by atoms with Crippen molar-refractivity contribution in [2.75, 3.05) is 24.7 Å². The second kappa shape index (κ2) is 9.00. The maximum atomic E-state index is 12.5. The summed E-state index contributed by atoms with van der Waals surface area (Å²) in [5.41, 5.74) is 0.931. The molecule has 0 amide bonds. The monoisotopic (exact) mass is 467 g/mol. The van der Waals surface area contributed by atoms with Crippen molar-refractivity contribution >= 4 is 38.9 Å². The molecule has 12 heteroatoms. The summed E-state index contributed by atoms with van der Waals surface area (Å²) in [6.45, 7) is 1.95. The number of phenolic OH excluding ortho intramolecular Hbond substituents is 1. The Bertz CT molecular complexity index is 1170. The van der Waals surface area contributed by atoms with Gasteiger partial charge in [0.05, 0.1) is 16.8 Å². The average Bonchev–Trinajstić information content (AvgIpc) is 3.07. The van der Waals surface area contributed by atoms with E-state index >= 15 is 0 Å². The molecule has 10 nitrogen and oxygen atoms in total. The molecule has 0 aliphatic heterocycles. The lowest BCUT2D eigenvalue weighted by atomic mass is 10.0. The van der Waals surface area contributed by atoms with Crippen LogP contribution in [-0.2, 0) is 10.0 Å². The average molecular weight is 468 g/mol. The van der Waals surface area contributed by atoms with E-state index in [2.05, 4.69) is 15.8 Å². The number of anilines is 3. The molecule has 1 atom stereocenters. The number of halogens is 1. The van der Waals surface area contributed by atoms with Crippen molar-refractivity contribution in [3.05, 3.63) is 58.3 Å². The summed E-state index contributed by atoms with van der Waals surface area (Å²) in [5, 5.41) is 32.1. The molecule has 1 aromatic heterocycles. The quantitative estimate of drug-likeness (QED) is 0.339. The molecule has 1 heterocycles. The summed E-state index contributed by atoms with van der Waals surface area (Å²) in [6.07, 6.45) is 0.659. The lowest BCUT2D eigenvalue weighted by molar-refractivity contribution is -0.791. The molecule has 0 radical (unpaired) electrons. The van der Waals surface area contributed by atoms with Crippen molar-refractivity contribution in [1.29, 1.82) is 0 Å². The fourth-order valence-electron chi connectivity index (χ4n) is 2.93. The molecule has 3 rings (SSSR count). The van der Waals surface area contributed by atoms with Crippen LogP contribution in [0.15, 0.2) is 52.0 Å². The van der Waals surface area contributed by atoms with Crippen LogP contribution in [0.2, 0.25) is 5.02 Å². The predicted octanol–water partition coefficient (Wildman–Crippen LogP) is 3.22. The first kappa shape index (κ1) is 22.7. The number of aromatic hydroxyl groups is 1. The second-order valence-electron chi connectivity index (χ2n) is 6.83. The van der Waals surface area contributed by atoms with Gasteiger partial charge in [0.2, 0.25) is 10.0 Å². The lowest BCUT2D eigenvalue weighted by Crippen LogP contribution is -2.29. The summed E-state index contributed by atoms with van der Waals surface area (Å²) < 4.78 is 30.7. The van der Waals surface area contributed by atoms with Crippen molar-refractivity contribution in [3.63, 3.8) is 0 Å². The number of sulfonamides is 1. The largest absolute Gasteiger partial charge is 0.504 e. The molecule has 166 valence electrons. The third kappa shape index (κ3) is 4.53. The number of hydrogen-bond donors (Lipinski definition) is 3. The van der Waals surface area contributed by atoms with Crippen molar-refractivity contribution in [1.82, 2.24) is 9.46 Å². The summed E-state index contributed by atoms with van der Waals surface area (Å²) >= 11 is 6.03. The topological polar surface area (TPSA) is 135 Å². The number of nitrogens with zero attached hydrogens (tertiary/aromatic N) is 3. The SMILES string of the molecule is CC[C@@H](Nc1c(Nc2ccc(Cl)c(S(=O)(=O)N(C)C)c2O)no[n+]1[O-])c1ccccc1. The van der Waals surface area contributed by atoms with Gasteiger partial charge in [-0.2, -0.15) is 0 Å². The zero-order chi connectivity index (χ0) is 22.8. The van der Waals surface area contributed by atoms with E-state index in [9.17, 15) is 18.7 Å². The highest BCUT2D eigenvalue weighted by molar-refractivity contribution is 7.89. The van der Waals surface area contributed by atoms with Crippen LogP contribution in [0, 0.1) is 5.21 Å². The van der Waals surface area contributed by atoms with E-state index in [1.165, 1.54) is 26.2 Å². The Morgan fingerprint density at radius 2 is 1.94 bits per heavy atom. The van der Waals surface area contributed by atoms with E-state index in [-0.39, 0.29) is 33.3 Å². The maximum Gasteiger partial charge on any atom is 0.320 e. The van der Waals surface area contributed by atoms with Gasteiger partial charge in [0, 0.05) is 14.1 Å². The van der Waals surface area contributed by atoms with Gasteiger partial charge in [-0.25, -0.2) is 12.7 Å². The zero-order valence-electron chi connectivity index (χ0n) is 17.0. The molecule has 0 aliphatic carbocycles. The number of aromatic nitrogens is 2. The van der Waals surface area contributed by atoms with Crippen molar-refractivity contribution in [2.45, 2.75) is 24.3 Å². The molecule has 3 N–H and O–H groups in total. The summed E-state index contributed by atoms with van der Waals surface area (Å²) in [6, 6.07) is 12.0. The molecule has 0 fully saturated rings. The minimum Gasteiger partial charge on any atom is -0.504 e. The highest BCUT2D eigenvalue weighted by atomic mass is 35.5. The van der Waals surface area contributed by atoms with E-state index in [4.69, 9.17) is 16.2 Å². The van der Waals surface area contributed by atoms with Gasteiger partial charge in [-0.3, -0.25) is 5.32 Å². The molecular weight excluding hydrogens is 446 g/mol. The summed E-state index contributed by atoms with van der Waals surface area (Å²) in [5.74, 6) is -0.667. The summed E-state index contributed by atoms with van der Waals surface area (Å²) in [4.78, 5) is -0.272. The molecule has 31 heavy (non-hydrogen) atoms. The molecule has 3 aromatic rings. The molecule has 0 unspecified atom stereocenters. The number of rotatable bonds is 8. The fourth-order valence-corrected chi connectivity index (χ4v) is 4.40. The summed E-state index contributed by atoms with van der Waals surface area (Å²) in [7, 11) is -1.39. The predicted molar refractivity (Wildman–Crippen MR) is 116 cm³/mol. The molecule has 0 spiro atoms. The van der Waals surface area contributed by atoms with Gasteiger partial charge in [-0.1, -0.05) is 53.8 Å². The van der Waals surface area contributed by atoms with E-state index in [0.717, 1.165) is 9.87 Å². The fraction of sp³-hybridized carbons (Fsp3) is 0.263. The molecule has 0 bridgehead atoms. The van der Waals surface area contributed by atoms with E-state index in [1.807, 2.05) is 37.3 Å². The van der Waals surface area contributed by atoms with Crippen LogP contribution in [0.3, 0.4) is 0 Å². The van der Waals surface area contributed by atoms with Crippen molar-refractivity contribution in [2.24, 2.45) is 0 Å². The number of hydrogen-bond acceptors (Lipinski definition) is 8. The standard InChI is InChI=1S/C19H22ClN5O5S/c1-4-14(12-8-6-5-7-9-12)22-19-18(23-30-25(19)27)21-15-11-10-13(20)17(16(15)26)31(28,29)24(2)3/h5-11,14,22,26H,4H2,1-3H3,(H,21,23)/t14-/m1/s1. The van der Waals surface area contributed by atoms with Crippen LogP contribution in [-0.4, -0.2) is 37.1 Å². The van der Waals surface area contributed by atoms with Crippen LogP contribution in [0.4, 0.5) is 17.3 Å². The molecule has 0 saturated carbocycles. The first-order chi connectivity index (χ1) is 14.7. The third-order valence-electron chi connectivity index (χ3n) is 4.61. The molecular formula is C19H22ClN5O5S. The van der Waals surface area contributed by atoms with Crippen molar-refractivity contribution < 1.29 is 23.1 Å². The molecule has 2 aromatic carbocycles. The zero-order valence-corrected chi connectivity index (χ0v) is 18.6. The molecule has 0 saturated heterocycles. The van der Waals surface area contributed by atoms with Gasteiger partial charge in [-0.05, 0) is 29.3 Å². The van der Waals surface area contributed by atoms with Crippen LogP contribution in [0.25, 0.3) is 0 Å². The second-order valence-corrected chi connectivity index (χ2v) is 9.32. The van der Waals surface area contributed by atoms with Crippen LogP contribution in [0.5, 0.6) is 5.75 Å². The van der Waals surface area contributed by atoms with Gasteiger partial charge in [0.1, 0.15) is 4.90 Å². The van der Waals surface area contributed by atoms with Gasteiger partial charge < -0.3 is 20.3 Å². The Labute approximate surface area is 184 Å². The Balaban J connectivity index is 1.97. The number of nitrogens with one attached hydrogen (secondary N) is 2. The van der Waals surface area contributed by atoms with Crippen LogP contribution in [0.1, 0.15) is 24.9 Å². The lowest BCUT2D eigenvalue weighted by Gasteiger charge is -2.17. The highest BCUT2D eigenvalue weighted by Gasteiger charge is 2.29. The van der Waals surface area contributed by atoms with Gasteiger partial charge in [0.25, 0.3) is 0 Å². The van der Waals surface area contributed by atoms with Gasteiger partial charge >= 0.3 is 11.6 Å². The van der Waals surface area contributed by atoms with Gasteiger partial charge in [0.15, 0.2) is 5.75 Å². The van der Waals surface area contributed by atoms with E-state index in [1.54, 1.807) is 0 Å². The highest BCUT2D eigenvalue weighted by Crippen LogP contribution is 2.39.